The van der Waals surface area contributed by atoms with E-state index < -0.39 is 0 Å². The average Bonchev–Trinajstić information content (AvgIpc) is 2.76. The lowest BCUT2D eigenvalue weighted by Crippen LogP contribution is -2.08. The molecule has 18 heavy (non-hydrogen) atoms. The number of aryl methyl sites for hydroxylation is 2. The number of nitrogens with one attached hydrogen (secondary N) is 1. The van der Waals surface area contributed by atoms with Crippen molar-refractivity contribution in [1.82, 2.24) is 0 Å². The number of amides is 1. The van der Waals surface area contributed by atoms with Crippen LogP contribution in [0.5, 0.6) is 0 Å². The fraction of sp³-hybridized carbons (Fsp3) is 0.133. The number of para-hydroxylation sites is 1. The minimum absolute atomic E-state index is 0.168. The summed E-state index contributed by atoms with van der Waals surface area (Å²) in [5.41, 5.74) is 1.86. The first-order valence-corrected chi connectivity index (χ1v) is 5.76. The number of benzene rings is 1. The topological polar surface area (TPSA) is 42.2 Å². The Morgan fingerprint density at radius 1 is 1.17 bits per heavy atom. The molecule has 0 unspecified atom stereocenters. The van der Waals surface area contributed by atoms with Gasteiger partial charge >= 0.3 is 0 Å². The second kappa shape index (κ2) is 5.36. The van der Waals surface area contributed by atoms with E-state index in [2.05, 4.69) is 5.32 Å². The summed E-state index contributed by atoms with van der Waals surface area (Å²) in [6, 6.07) is 11.3. The highest BCUT2D eigenvalue weighted by molar-refractivity contribution is 6.02. The van der Waals surface area contributed by atoms with Crippen molar-refractivity contribution in [3.63, 3.8) is 0 Å². The summed E-state index contributed by atoms with van der Waals surface area (Å²) < 4.78 is 5.34. The van der Waals surface area contributed by atoms with E-state index in [1.165, 1.54) is 6.08 Å². The zero-order valence-corrected chi connectivity index (χ0v) is 10.4. The van der Waals surface area contributed by atoms with Crippen molar-refractivity contribution >= 4 is 17.7 Å². The van der Waals surface area contributed by atoms with E-state index in [0.717, 1.165) is 17.0 Å². The predicted molar refractivity (Wildman–Crippen MR) is 72.3 cm³/mol. The average molecular weight is 241 g/mol. The smallest absolute Gasteiger partial charge is 0.248 e. The zero-order valence-electron chi connectivity index (χ0n) is 10.4. The Bertz CT molecular complexity index is 582. The van der Waals surface area contributed by atoms with Gasteiger partial charge in [0.2, 0.25) is 5.91 Å². The van der Waals surface area contributed by atoms with Gasteiger partial charge in [0.1, 0.15) is 11.5 Å². The van der Waals surface area contributed by atoms with Crippen LogP contribution in [-0.4, -0.2) is 5.91 Å². The van der Waals surface area contributed by atoms with Gasteiger partial charge < -0.3 is 9.73 Å². The Morgan fingerprint density at radius 2 is 1.94 bits per heavy atom. The summed E-state index contributed by atoms with van der Waals surface area (Å²) in [7, 11) is 0. The molecule has 0 aliphatic rings. The SMILES string of the molecule is Cc1ccc(C=CC(=O)Nc2ccccc2C)o1. The van der Waals surface area contributed by atoms with Crippen molar-refractivity contribution in [2.24, 2.45) is 0 Å². The third kappa shape index (κ3) is 3.10. The van der Waals surface area contributed by atoms with Gasteiger partial charge in [-0.1, -0.05) is 18.2 Å². The number of hydrogen-bond donors (Lipinski definition) is 1. The molecule has 0 saturated carbocycles. The maximum Gasteiger partial charge on any atom is 0.248 e. The minimum atomic E-state index is -0.168. The lowest BCUT2D eigenvalue weighted by atomic mass is 10.2. The molecule has 1 N–H and O–H groups in total. The van der Waals surface area contributed by atoms with Gasteiger partial charge in [-0.15, -0.1) is 0 Å². The van der Waals surface area contributed by atoms with Crippen LogP contribution in [0, 0.1) is 13.8 Å². The van der Waals surface area contributed by atoms with Crippen LogP contribution >= 0.6 is 0 Å². The Hall–Kier alpha value is -2.29. The van der Waals surface area contributed by atoms with Crippen LogP contribution < -0.4 is 5.32 Å². The Balaban J connectivity index is 2.01. The van der Waals surface area contributed by atoms with Crippen LogP contribution in [-0.2, 0) is 4.79 Å². The van der Waals surface area contributed by atoms with Crippen molar-refractivity contribution in [2.75, 3.05) is 5.32 Å². The second-order valence-electron chi connectivity index (χ2n) is 4.09. The van der Waals surface area contributed by atoms with Crippen molar-refractivity contribution in [1.29, 1.82) is 0 Å². The first-order chi connectivity index (χ1) is 8.65. The molecule has 1 aromatic carbocycles. The van der Waals surface area contributed by atoms with Crippen molar-refractivity contribution in [3.8, 4) is 0 Å². The molecular formula is C15H15NO2. The summed E-state index contributed by atoms with van der Waals surface area (Å²) in [6.45, 7) is 3.82. The molecule has 1 heterocycles. The molecule has 0 fully saturated rings. The number of furan rings is 1. The van der Waals surface area contributed by atoms with E-state index in [-0.39, 0.29) is 5.91 Å². The van der Waals surface area contributed by atoms with E-state index in [1.54, 1.807) is 6.08 Å². The molecule has 2 rings (SSSR count). The number of hydrogen-bond acceptors (Lipinski definition) is 2. The van der Waals surface area contributed by atoms with Crippen LogP contribution in [0.15, 0.2) is 46.9 Å². The lowest BCUT2D eigenvalue weighted by molar-refractivity contribution is -0.111. The van der Waals surface area contributed by atoms with Crippen molar-refractivity contribution in [2.45, 2.75) is 13.8 Å². The third-order valence-electron chi connectivity index (χ3n) is 2.56. The number of anilines is 1. The summed E-state index contributed by atoms with van der Waals surface area (Å²) in [6.07, 6.45) is 3.12. The molecule has 3 nitrogen and oxygen atoms in total. The highest BCUT2D eigenvalue weighted by Crippen LogP contribution is 2.13. The molecule has 92 valence electrons. The fourth-order valence-electron chi connectivity index (χ4n) is 1.59. The molecule has 0 bridgehead atoms. The first kappa shape index (κ1) is 12.2. The van der Waals surface area contributed by atoms with Gasteiger partial charge in [-0.25, -0.2) is 0 Å². The normalized spacial score (nSPS) is 10.8. The van der Waals surface area contributed by atoms with Crippen LogP contribution in [0.4, 0.5) is 5.69 Å². The van der Waals surface area contributed by atoms with E-state index in [0.29, 0.717) is 5.76 Å². The van der Waals surface area contributed by atoms with Crippen molar-refractivity contribution < 1.29 is 9.21 Å². The van der Waals surface area contributed by atoms with E-state index in [4.69, 9.17) is 4.42 Å². The van der Waals surface area contributed by atoms with E-state index in [1.807, 2.05) is 50.2 Å². The molecule has 0 aliphatic carbocycles. The lowest BCUT2D eigenvalue weighted by Gasteiger charge is -2.04. The molecule has 0 atom stereocenters. The summed E-state index contributed by atoms with van der Waals surface area (Å²) >= 11 is 0. The quantitative estimate of drug-likeness (QED) is 0.835. The van der Waals surface area contributed by atoms with Gasteiger partial charge in [0, 0.05) is 11.8 Å². The second-order valence-corrected chi connectivity index (χ2v) is 4.09. The molecule has 3 heteroatoms. The summed E-state index contributed by atoms with van der Waals surface area (Å²) in [5, 5.41) is 2.82. The van der Waals surface area contributed by atoms with Crippen molar-refractivity contribution in [3.05, 3.63) is 59.6 Å². The summed E-state index contributed by atoms with van der Waals surface area (Å²) in [5.74, 6) is 1.33. The Kier molecular flexibility index (Phi) is 3.63. The molecule has 0 saturated heterocycles. The van der Waals surface area contributed by atoms with Gasteiger partial charge in [0.15, 0.2) is 0 Å². The monoisotopic (exact) mass is 241 g/mol. The van der Waals surface area contributed by atoms with Gasteiger partial charge in [-0.2, -0.15) is 0 Å². The third-order valence-corrected chi connectivity index (χ3v) is 2.56. The highest BCUT2D eigenvalue weighted by atomic mass is 16.3. The van der Waals surface area contributed by atoms with Crippen LogP contribution in [0.1, 0.15) is 17.1 Å². The molecule has 2 aromatic rings. The summed E-state index contributed by atoms with van der Waals surface area (Å²) in [4.78, 5) is 11.7. The van der Waals surface area contributed by atoms with Crippen LogP contribution in [0.2, 0.25) is 0 Å². The largest absolute Gasteiger partial charge is 0.462 e. The standard InChI is InChI=1S/C15H15NO2/c1-11-5-3-4-6-14(11)16-15(17)10-9-13-8-7-12(2)18-13/h3-10H,1-2H3,(H,16,17). The molecule has 0 aliphatic heterocycles. The molecule has 0 radical (unpaired) electrons. The predicted octanol–water partition coefficient (Wildman–Crippen LogP) is 3.55. The van der Waals surface area contributed by atoms with Gasteiger partial charge in [-0.3, -0.25) is 4.79 Å². The van der Waals surface area contributed by atoms with Gasteiger partial charge in [0.25, 0.3) is 0 Å². The first-order valence-electron chi connectivity index (χ1n) is 5.76. The van der Waals surface area contributed by atoms with Gasteiger partial charge in [-0.05, 0) is 43.7 Å². The molecule has 1 amide bonds. The zero-order chi connectivity index (χ0) is 13.0. The number of rotatable bonds is 3. The maximum atomic E-state index is 11.7. The Morgan fingerprint density at radius 3 is 2.61 bits per heavy atom. The van der Waals surface area contributed by atoms with E-state index >= 15 is 0 Å². The fourth-order valence-corrected chi connectivity index (χ4v) is 1.59. The van der Waals surface area contributed by atoms with Crippen LogP contribution in [0.25, 0.3) is 6.08 Å². The highest BCUT2D eigenvalue weighted by Gasteiger charge is 2.00. The van der Waals surface area contributed by atoms with Crippen LogP contribution in [0.3, 0.4) is 0 Å². The Labute approximate surface area is 106 Å². The molecule has 1 aromatic heterocycles. The number of carbonyl (C=O) groups excluding carboxylic acids is 1. The van der Waals surface area contributed by atoms with Gasteiger partial charge in [0.05, 0.1) is 0 Å². The van der Waals surface area contributed by atoms with E-state index in [9.17, 15) is 4.79 Å². The maximum absolute atomic E-state index is 11.7. The molecular weight excluding hydrogens is 226 g/mol. The molecule has 0 spiro atoms. The minimum Gasteiger partial charge on any atom is -0.462 e. The number of carbonyl (C=O) groups is 1.